The van der Waals surface area contributed by atoms with E-state index in [0.29, 0.717) is 13.1 Å². The third kappa shape index (κ3) is 5.08. The predicted octanol–water partition coefficient (Wildman–Crippen LogP) is 2.73. The molecule has 128 valence electrons. The lowest BCUT2D eigenvalue weighted by atomic mass is 10.1. The highest BCUT2D eigenvalue weighted by Crippen LogP contribution is 2.22. The summed E-state index contributed by atoms with van der Waals surface area (Å²) in [7, 11) is 3.66. The Morgan fingerprint density at radius 2 is 1.92 bits per heavy atom. The zero-order valence-electron chi connectivity index (χ0n) is 14.6. The van der Waals surface area contributed by atoms with Gasteiger partial charge in [0.1, 0.15) is 12.3 Å². The molecule has 2 N–H and O–H groups in total. The number of nitrogens with one attached hydrogen (secondary N) is 2. The molecule has 0 saturated carbocycles. The normalized spacial score (nSPS) is 11.9. The topological polar surface area (TPSA) is 42.8 Å². The van der Waals surface area contributed by atoms with Crippen LogP contribution in [0.15, 0.2) is 40.9 Å². The average Bonchev–Trinajstić information content (AvgIpc) is 2.51. The standard InChI is InChI=1S/C19H23BrN2O2/c1-13-5-7-17(9-14(13)2)21-19(23)12-22(3)11-15-10-16(20)6-8-18(15)24-4/h5-10H,11-12H2,1-4H3,(H,21,23)/p+1. The van der Waals surface area contributed by atoms with Crippen molar-refractivity contribution in [3.05, 3.63) is 57.6 Å². The fourth-order valence-corrected chi connectivity index (χ4v) is 2.98. The van der Waals surface area contributed by atoms with Gasteiger partial charge in [0, 0.05) is 15.7 Å². The molecule has 0 bridgehead atoms. The summed E-state index contributed by atoms with van der Waals surface area (Å²) >= 11 is 3.48. The van der Waals surface area contributed by atoms with Gasteiger partial charge < -0.3 is 15.0 Å². The number of rotatable bonds is 6. The van der Waals surface area contributed by atoms with Gasteiger partial charge in [0.2, 0.25) is 0 Å². The van der Waals surface area contributed by atoms with E-state index in [9.17, 15) is 4.79 Å². The molecule has 0 aliphatic carbocycles. The third-order valence-corrected chi connectivity index (χ3v) is 4.48. The lowest BCUT2D eigenvalue weighted by Crippen LogP contribution is -3.08. The lowest BCUT2D eigenvalue weighted by molar-refractivity contribution is -0.885. The van der Waals surface area contributed by atoms with Crippen molar-refractivity contribution in [3.8, 4) is 5.75 Å². The molecular weight excluding hydrogens is 368 g/mol. The molecule has 0 heterocycles. The van der Waals surface area contributed by atoms with E-state index in [2.05, 4.69) is 28.2 Å². The van der Waals surface area contributed by atoms with Crippen LogP contribution in [0.1, 0.15) is 16.7 Å². The van der Waals surface area contributed by atoms with Crippen LogP contribution in [0, 0.1) is 13.8 Å². The molecule has 0 saturated heterocycles. The molecule has 2 aromatic carbocycles. The highest BCUT2D eigenvalue weighted by molar-refractivity contribution is 9.10. The van der Waals surface area contributed by atoms with Crippen molar-refractivity contribution in [1.82, 2.24) is 0 Å². The smallest absolute Gasteiger partial charge is 0.279 e. The molecule has 0 radical (unpaired) electrons. The van der Waals surface area contributed by atoms with Crippen LogP contribution >= 0.6 is 15.9 Å². The average molecular weight is 392 g/mol. The van der Waals surface area contributed by atoms with Gasteiger partial charge in [-0.2, -0.15) is 0 Å². The maximum absolute atomic E-state index is 12.3. The summed E-state index contributed by atoms with van der Waals surface area (Å²) in [6, 6.07) is 11.9. The number of carbonyl (C=O) groups is 1. The number of methoxy groups -OCH3 is 1. The van der Waals surface area contributed by atoms with Crippen molar-refractivity contribution >= 4 is 27.5 Å². The zero-order chi connectivity index (χ0) is 17.7. The van der Waals surface area contributed by atoms with Crippen LogP contribution in [0.25, 0.3) is 0 Å². The maximum atomic E-state index is 12.3. The van der Waals surface area contributed by atoms with Gasteiger partial charge in [0.15, 0.2) is 6.54 Å². The first kappa shape index (κ1) is 18.5. The Balaban J connectivity index is 1.96. The highest BCUT2D eigenvalue weighted by atomic mass is 79.9. The number of carbonyl (C=O) groups excluding carboxylic acids is 1. The number of ether oxygens (including phenoxy) is 1. The molecule has 0 aliphatic rings. The number of hydrogen-bond donors (Lipinski definition) is 2. The third-order valence-electron chi connectivity index (χ3n) is 3.99. The van der Waals surface area contributed by atoms with Gasteiger partial charge in [-0.05, 0) is 55.3 Å². The Bertz CT molecular complexity index is 731. The second-order valence-corrected chi connectivity index (χ2v) is 7.03. The minimum absolute atomic E-state index is 0.00437. The first-order valence-electron chi connectivity index (χ1n) is 7.90. The van der Waals surface area contributed by atoms with E-state index in [0.717, 1.165) is 26.4 Å². The number of quaternary nitrogens is 1. The summed E-state index contributed by atoms with van der Waals surface area (Å²) in [5, 5.41) is 2.97. The first-order chi connectivity index (χ1) is 11.4. The van der Waals surface area contributed by atoms with E-state index in [1.165, 1.54) is 11.1 Å². The molecule has 5 heteroatoms. The molecule has 1 unspecified atom stereocenters. The van der Waals surface area contributed by atoms with Gasteiger partial charge in [-0.1, -0.05) is 22.0 Å². The van der Waals surface area contributed by atoms with Crippen molar-refractivity contribution in [1.29, 1.82) is 0 Å². The molecule has 0 aliphatic heterocycles. The number of amides is 1. The highest BCUT2D eigenvalue weighted by Gasteiger charge is 2.14. The summed E-state index contributed by atoms with van der Waals surface area (Å²) in [4.78, 5) is 13.3. The minimum atomic E-state index is 0.00437. The van der Waals surface area contributed by atoms with Crippen LogP contribution in [0.5, 0.6) is 5.75 Å². The molecule has 24 heavy (non-hydrogen) atoms. The Morgan fingerprint density at radius 3 is 2.58 bits per heavy atom. The molecule has 0 fully saturated rings. The van der Waals surface area contributed by atoms with Crippen molar-refractivity contribution in [2.75, 3.05) is 26.0 Å². The van der Waals surface area contributed by atoms with Gasteiger partial charge in [0.05, 0.1) is 14.2 Å². The number of anilines is 1. The van der Waals surface area contributed by atoms with Crippen molar-refractivity contribution in [3.63, 3.8) is 0 Å². The van der Waals surface area contributed by atoms with Crippen LogP contribution in [0.4, 0.5) is 5.69 Å². The van der Waals surface area contributed by atoms with Gasteiger partial charge >= 0.3 is 0 Å². The molecule has 2 rings (SSSR count). The summed E-state index contributed by atoms with van der Waals surface area (Å²) in [6.07, 6.45) is 0. The van der Waals surface area contributed by atoms with Crippen LogP contribution in [0.3, 0.4) is 0 Å². The van der Waals surface area contributed by atoms with Crippen molar-refractivity contribution < 1.29 is 14.4 Å². The predicted molar refractivity (Wildman–Crippen MR) is 101 cm³/mol. The van der Waals surface area contributed by atoms with E-state index in [4.69, 9.17) is 4.74 Å². The molecule has 4 nitrogen and oxygen atoms in total. The van der Waals surface area contributed by atoms with Crippen LogP contribution in [-0.4, -0.2) is 26.6 Å². The van der Waals surface area contributed by atoms with Gasteiger partial charge in [-0.25, -0.2) is 0 Å². The van der Waals surface area contributed by atoms with E-state index >= 15 is 0 Å². The molecular formula is C19H24BrN2O2+. The van der Waals surface area contributed by atoms with Gasteiger partial charge in [0.25, 0.3) is 5.91 Å². The van der Waals surface area contributed by atoms with E-state index < -0.39 is 0 Å². The number of likely N-dealkylation sites (N-methyl/N-ethyl adjacent to an activating group) is 1. The van der Waals surface area contributed by atoms with E-state index in [-0.39, 0.29) is 5.91 Å². The monoisotopic (exact) mass is 391 g/mol. The molecule has 1 amide bonds. The van der Waals surface area contributed by atoms with E-state index in [1.807, 2.05) is 50.4 Å². The number of halogens is 1. The van der Waals surface area contributed by atoms with Crippen LogP contribution in [0.2, 0.25) is 0 Å². The van der Waals surface area contributed by atoms with Crippen molar-refractivity contribution in [2.45, 2.75) is 20.4 Å². The number of benzene rings is 2. The maximum Gasteiger partial charge on any atom is 0.279 e. The zero-order valence-corrected chi connectivity index (χ0v) is 16.2. The number of aryl methyl sites for hydroxylation is 2. The minimum Gasteiger partial charge on any atom is -0.496 e. The fraction of sp³-hybridized carbons (Fsp3) is 0.316. The van der Waals surface area contributed by atoms with Crippen LogP contribution in [-0.2, 0) is 11.3 Å². The molecule has 2 aromatic rings. The Hall–Kier alpha value is -1.85. The van der Waals surface area contributed by atoms with Gasteiger partial charge in [-0.3, -0.25) is 4.79 Å². The molecule has 0 spiro atoms. The second kappa shape index (κ2) is 8.31. The fourth-order valence-electron chi connectivity index (χ4n) is 2.57. The Kier molecular flexibility index (Phi) is 6.40. The quantitative estimate of drug-likeness (QED) is 0.794. The first-order valence-corrected chi connectivity index (χ1v) is 8.69. The Morgan fingerprint density at radius 1 is 1.17 bits per heavy atom. The molecule has 0 aromatic heterocycles. The van der Waals surface area contributed by atoms with Gasteiger partial charge in [-0.15, -0.1) is 0 Å². The Labute approximate surface area is 151 Å². The number of hydrogen-bond acceptors (Lipinski definition) is 2. The summed E-state index contributed by atoms with van der Waals surface area (Å²) < 4.78 is 6.40. The summed E-state index contributed by atoms with van der Waals surface area (Å²) in [5.41, 5.74) is 4.31. The summed E-state index contributed by atoms with van der Waals surface area (Å²) in [6.45, 7) is 5.21. The van der Waals surface area contributed by atoms with Crippen LogP contribution < -0.4 is 15.0 Å². The second-order valence-electron chi connectivity index (χ2n) is 6.11. The molecule has 1 atom stereocenters. The van der Waals surface area contributed by atoms with E-state index in [1.54, 1.807) is 7.11 Å². The largest absolute Gasteiger partial charge is 0.496 e. The summed E-state index contributed by atoms with van der Waals surface area (Å²) in [5.74, 6) is 0.844. The van der Waals surface area contributed by atoms with Crippen molar-refractivity contribution in [2.24, 2.45) is 0 Å². The SMILES string of the molecule is COc1ccc(Br)cc1C[NH+](C)CC(=O)Nc1ccc(C)c(C)c1. The lowest BCUT2D eigenvalue weighted by Gasteiger charge is -2.16.